The molecule has 4 nitrogen and oxygen atoms in total. The third kappa shape index (κ3) is 4.48. The zero-order valence-corrected chi connectivity index (χ0v) is 11.9. The van der Waals surface area contributed by atoms with E-state index in [1.807, 2.05) is 0 Å². The lowest BCUT2D eigenvalue weighted by atomic mass is 9.96. The van der Waals surface area contributed by atoms with Gasteiger partial charge in [0.05, 0.1) is 5.02 Å². The van der Waals surface area contributed by atoms with Crippen LogP contribution in [0.2, 0.25) is 10.0 Å². The Morgan fingerprint density at radius 3 is 2.63 bits per heavy atom. The van der Waals surface area contributed by atoms with E-state index in [0.717, 1.165) is 25.7 Å². The predicted octanol–water partition coefficient (Wildman–Crippen LogP) is 3.92. The second kappa shape index (κ2) is 6.87. The summed E-state index contributed by atoms with van der Waals surface area (Å²) in [5, 5.41) is 3.75. The minimum Gasteiger partial charge on any atom is -0.376 e. The van der Waals surface area contributed by atoms with Crippen LogP contribution in [-0.2, 0) is 0 Å². The molecule has 1 fully saturated rings. The fourth-order valence-electron chi connectivity index (χ4n) is 2.12. The molecule has 2 N–H and O–H groups in total. The molecule has 6 heteroatoms. The predicted molar refractivity (Wildman–Crippen MR) is 75.6 cm³/mol. The Balaban J connectivity index is 1.79. The second-order valence-electron chi connectivity index (χ2n) is 4.59. The number of hydrogen-bond donors (Lipinski definition) is 2. The fraction of sp³-hybridized carbons (Fsp3) is 0.462. The number of hydrogen-bond acceptors (Lipinski definition) is 2. The van der Waals surface area contributed by atoms with Gasteiger partial charge in [0.15, 0.2) is 5.75 Å². The van der Waals surface area contributed by atoms with Crippen molar-refractivity contribution < 1.29 is 9.63 Å². The lowest BCUT2D eigenvalue weighted by Gasteiger charge is -2.22. The molecule has 2 rings (SSSR count). The molecule has 0 bridgehead atoms. The number of amides is 2. The summed E-state index contributed by atoms with van der Waals surface area (Å²) >= 11 is 11.7. The highest BCUT2D eigenvalue weighted by Gasteiger charge is 2.15. The van der Waals surface area contributed by atoms with Gasteiger partial charge in [-0.1, -0.05) is 42.5 Å². The third-order valence-electron chi connectivity index (χ3n) is 3.09. The average Bonchev–Trinajstić information content (AvgIpc) is 2.39. The number of urea groups is 1. The van der Waals surface area contributed by atoms with E-state index in [4.69, 9.17) is 28.0 Å². The topological polar surface area (TPSA) is 50.4 Å². The Bertz CT molecular complexity index is 448. The molecule has 1 aromatic carbocycles. The Kier molecular flexibility index (Phi) is 5.16. The molecule has 0 aliphatic heterocycles. The minimum atomic E-state index is -0.349. The molecule has 104 valence electrons. The van der Waals surface area contributed by atoms with E-state index in [1.165, 1.54) is 6.42 Å². The number of hydroxylamine groups is 1. The molecule has 0 saturated heterocycles. The molecule has 0 heterocycles. The van der Waals surface area contributed by atoms with Gasteiger partial charge in [0.1, 0.15) is 0 Å². The van der Waals surface area contributed by atoms with E-state index < -0.39 is 0 Å². The number of benzene rings is 1. The van der Waals surface area contributed by atoms with Crippen LogP contribution in [-0.4, -0.2) is 12.1 Å². The van der Waals surface area contributed by atoms with E-state index in [0.29, 0.717) is 15.8 Å². The van der Waals surface area contributed by atoms with Gasteiger partial charge in [-0.25, -0.2) is 4.79 Å². The average molecular weight is 303 g/mol. The van der Waals surface area contributed by atoms with E-state index in [1.54, 1.807) is 18.2 Å². The van der Waals surface area contributed by atoms with Gasteiger partial charge in [-0.15, -0.1) is 0 Å². The van der Waals surface area contributed by atoms with Crippen LogP contribution in [0.5, 0.6) is 5.75 Å². The van der Waals surface area contributed by atoms with Crippen LogP contribution < -0.4 is 15.6 Å². The Morgan fingerprint density at radius 2 is 1.95 bits per heavy atom. The number of nitrogens with one attached hydrogen (secondary N) is 2. The van der Waals surface area contributed by atoms with Crippen molar-refractivity contribution in [3.63, 3.8) is 0 Å². The van der Waals surface area contributed by atoms with Gasteiger partial charge < -0.3 is 10.2 Å². The van der Waals surface area contributed by atoms with E-state index in [9.17, 15) is 4.79 Å². The Labute approximate surface area is 122 Å². The number of carbonyl (C=O) groups excluding carboxylic acids is 1. The highest BCUT2D eigenvalue weighted by atomic mass is 35.5. The zero-order valence-electron chi connectivity index (χ0n) is 10.4. The first-order valence-electron chi connectivity index (χ1n) is 6.33. The van der Waals surface area contributed by atoms with Gasteiger partial charge >= 0.3 is 6.03 Å². The third-order valence-corrected chi connectivity index (χ3v) is 3.62. The molecule has 0 unspecified atom stereocenters. The molecule has 1 aromatic rings. The first kappa shape index (κ1) is 14.3. The highest BCUT2D eigenvalue weighted by molar-refractivity contribution is 6.35. The smallest absolute Gasteiger partial charge is 0.348 e. The van der Waals surface area contributed by atoms with Gasteiger partial charge in [-0.2, -0.15) is 5.48 Å². The molecule has 1 aliphatic carbocycles. The van der Waals surface area contributed by atoms with Crippen LogP contribution in [0.25, 0.3) is 0 Å². The summed E-state index contributed by atoms with van der Waals surface area (Å²) in [6.45, 7) is 0. The van der Waals surface area contributed by atoms with Crippen molar-refractivity contribution in [3.8, 4) is 5.75 Å². The summed E-state index contributed by atoms with van der Waals surface area (Å²) in [6, 6.07) is 4.68. The number of rotatable bonds is 3. The van der Waals surface area contributed by atoms with Gasteiger partial charge in [0.25, 0.3) is 0 Å². The quantitative estimate of drug-likeness (QED) is 0.832. The molecule has 1 aliphatic rings. The minimum absolute atomic E-state index is 0.234. The summed E-state index contributed by atoms with van der Waals surface area (Å²) in [5.41, 5.74) is 2.33. The van der Waals surface area contributed by atoms with Crippen molar-refractivity contribution in [1.29, 1.82) is 0 Å². The standard InChI is InChI=1S/C13H16Cl2N2O2/c14-9-6-7-12(11(15)8-9)19-17-13(18)16-10-4-2-1-3-5-10/h6-8,10H,1-5H2,(H2,16,17,18). The molecule has 0 spiro atoms. The molecule has 0 atom stereocenters. The van der Waals surface area contributed by atoms with Crippen LogP contribution in [0, 0.1) is 0 Å². The maximum absolute atomic E-state index is 11.6. The Morgan fingerprint density at radius 1 is 1.21 bits per heavy atom. The fourth-order valence-corrected chi connectivity index (χ4v) is 2.57. The molecule has 1 saturated carbocycles. The van der Waals surface area contributed by atoms with Crippen molar-refractivity contribution >= 4 is 29.2 Å². The maximum Gasteiger partial charge on any atom is 0.348 e. The monoisotopic (exact) mass is 302 g/mol. The lowest BCUT2D eigenvalue weighted by Crippen LogP contribution is -2.44. The van der Waals surface area contributed by atoms with Crippen molar-refractivity contribution in [3.05, 3.63) is 28.2 Å². The van der Waals surface area contributed by atoms with Crippen molar-refractivity contribution in [1.82, 2.24) is 10.8 Å². The molecule has 2 amide bonds. The normalized spacial score (nSPS) is 15.9. The van der Waals surface area contributed by atoms with Gasteiger partial charge in [0, 0.05) is 11.1 Å². The maximum atomic E-state index is 11.6. The largest absolute Gasteiger partial charge is 0.376 e. The number of carbonyl (C=O) groups is 1. The highest BCUT2D eigenvalue weighted by Crippen LogP contribution is 2.26. The molecular formula is C13H16Cl2N2O2. The first-order chi connectivity index (χ1) is 9.15. The molecular weight excluding hydrogens is 287 g/mol. The van der Waals surface area contributed by atoms with Crippen LogP contribution in [0.1, 0.15) is 32.1 Å². The van der Waals surface area contributed by atoms with Crippen LogP contribution in [0.15, 0.2) is 18.2 Å². The van der Waals surface area contributed by atoms with E-state index >= 15 is 0 Å². The number of halogens is 2. The van der Waals surface area contributed by atoms with E-state index in [-0.39, 0.29) is 12.1 Å². The summed E-state index contributed by atoms with van der Waals surface area (Å²) in [5.74, 6) is 0.366. The van der Waals surface area contributed by atoms with Crippen LogP contribution >= 0.6 is 23.2 Å². The SMILES string of the molecule is O=C(NOc1ccc(Cl)cc1Cl)NC1CCCCC1. The van der Waals surface area contributed by atoms with Gasteiger partial charge in [-0.3, -0.25) is 0 Å². The molecule has 0 aromatic heterocycles. The first-order valence-corrected chi connectivity index (χ1v) is 7.09. The van der Waals surface area contributed by atoms with E-state index in [2.05, 4.69) is 10.8 Å². The van der Waals surface area contributed by atoms with Crippen LogP contribution in [0.4, 0.5) is 4.79 Å². The molecule has 0 radical (unpaired) electrons. The summed E-state index contributed by atoms with van der Waals surface area (Å²) in [7, 11) is 0. The Hall–Kier alpha value is -1.13. The van der Waals surface area contributed by atoms with Crippen molar-refractivity contribution in [2.75, 3.05) is 0 Å². The van der Waals surface area contributed by atoms with Crippen LogP contribution in [0.3, 0.4) is 0 Å². The van der Waals surface area contributed by atoms with Gasteiger partial charge in [-0.05, 0) is 31.0 Å². The van der Waals surface area contributed by atoms with Crippen molar-refractivity contribution in [2.24, 2.45) is 0 Å². The summed E-state index contributed by atoms with van der Waals surface area (Å²) in [4.78, 5) is 16.8. The summed E-state index contributed by atoms with van der Waals surface area (Å²) in [6.07, 6.45) is 5.62. The van der Waals surface area contributed by atoms with Gasteiger partial charge in [0.2, 0.25) is 0 Å². The molecule has 19 heavy (non-hydrogen) atoms. The zero-order chi connectivity index (χ0) is 13.7. The van der Waals surface area contributed by atoms with Crippen molar-refractivity contribution in [2.45, 2.75) is 38.1 Å². The lowest BCUT2D eigenvalue weighted by molar-refractivity contribution is 0.172. The summed E-state index contributed by atoms with van der Waals surface area (Å²) < 4.78 is 0. The second-order valence-corrected chi connectivity index (χ2v) is 5.43.